The third kappa shape index (κ3) is 0.918. The summed E-state index contributed by atoms with van der Waals surface area (Å²) in [4.78, 5) is 0. The van der Waals surface area contributed by atoms with Gasteiger partial charge in [-0.05, 0) is 41.9 Å². The summed E-state index contributed by atoms with van der Waals surface area (Å²) in [7, 11) is 0. The highest BCUT2D eigenvalue weighted by Gasteiger charge is 2.75. The largest absolute Gasteiger partial charge is 0.327 e. The quantitative estimate of drug-likeness (QED) is 0.696. The normalized spacial score (nSPS) is 35.5. The molecular weight excluding hydrogens is 158 g/mol. The molecule has 0 radical (unpaired) electrons. The average Bonchev–Trinajstić information content (AvgIpc) is 2.74. The van der Waals surface area contributed by atoms with E-state index in [0.29, 0.717) is 22.3 Å². The minimum Gasteiger partial charge on any atom is -0.327 e. The van der Waals surface area contributed by atoms with Gasteiger partial charge in [-0.2, -0.15) is 0 Å². The van der Waals surface area contributed by atoms with Crippen molar-refractivity contribution in [2.24, 2.45) is 27.9 Å². The highest BCUT2D eigenvalue weighted by molar-refractivity contribution is 5.24. The van der Waals surface area contributed by atoms with Crippen LogP contribution in [0.4, 0.5) is 0 Å². The summed E-state index contributed by atoms with van der Waals surface area (Å²) < 4.78 is 0. The second kappa shape index (κ2) is 2.13. The molecule has 1 unspecified atom stereocenters. The molecule has 1 atom stereocenters. The molecule has 0 aromatic rings. The zero-order valence-electron chi connectivity index (χ0n) is 9.65. The van der Waals surface area contributed by atoms with Crippen molar-refractivity contribution in [3.05, 3.63) is 0 Å². The van der Waals surface area contributed by atoms with E-state index in [0.717, 1.165) is 5.92 Å². The monoisotopic (exact) mass is 181 g/mol. The Morgan fingerprint density at radius 3 is 1.54 bits per heavy atom. The molecule has 2 aliphatic rings. The molecule has 1 nitrogen and oxygen atoms in total. The maximum absolute atomic E-state index is 6.12. The minimum absolute atomic E-state index is 0.388. The Labute approximate surface area is 82.1 Å². The van der Waals surface area contributed by atoms with Gasteiger partial charge in [0.05, 0.1) is 0 Å². The van der Waals surface area contributed by atoms with Gasteiger partial charge in [-0.15, -0.1) is 0 Å². The van der Waals surface area contributed by atoms with Gasteiger partial charge in [0.25, 0.3) is 0 Å². The molecule has 0 aliphatic heterocycles. The topological polar surface area (TPSA) is 26.0 Å². The first kappa shape index (κ1) is 9.51. The van der Waals surface area contributed by atoms with Crippen molar-refractivity contribution >= 4 is 0 Å². The molecule has 2 N–H and O–H groups in total. The van der Waals surface area contributed by atoms with E-state index in [2.05, 4.69) is 34.6 Å². The number of hydrogen-bond acceptors (Lipinski definition) is 1. The molecule has 0 spiro atoms. The van der Waals surface area contributed by atoms with E-state index in [1.807, 2.05) is 0 Å². The van der Waals surface area contributed by atoms with Crippen LogP contribution in [0.15, 0.2) is 0 Å². The van der Waals surface area contributed by atoms with Gasteiger partial charge in [0.1, 0.15) is 0 Å². The lowest BCUT2D eigenvalue weighted by Crippen LogP contribution is -2.31. The van der Waals surface area contributed by atoms with E-state index in [4.69, 9.17) is 5.73 Å². The Bertz CT molecular complexity index is 220. The van der Waals surface area contributed by atoms with Crippen LogP contribution in [0.3, 0.4) is 0 Å². The van der Waals surface area contributed by atoms with Crippen molar-refractivity contribution in [3.63, 3.8) is 0 Å². The Morgan fingerprint density at radius 2 is 1.46 bits per heavy atom. The van der Waals surface area contributed by atoms with Crippen LogP contribution in [0.2, 0.25) is 0 Å². The van der Waals surface area contributed by atoms with Crippen molar-refractivity contribution in [1.82, 2.24) is 0 Å². The molecule has 0 amide bonds. The second-order valence-corrected chi connectivity index (χ2v) is 6.40. The maximum atomic E-state index is 6.12. The lowest BCUT2D eigenvalue weighted by atomic mass is 9.87. The molecule has 0 heterocycles. The third-order valence-corrected chi connectivity index (χ3v) is 5.33. The first-order chi connectivity index (χ1) is 5.77. The average molecular weight is 181 g/mol. The lowest BCUT2D eigenvalue weighted by molar-refractivity contribution is 0.307. The fraction of sp³-hybridized carbons (Fsp3) is 1.00. The van der Waals surface area contributed by atoms with Gasteiger partial charge in [-0.1, -0.05) is 27.7 Å². The molecule has 1 heteroatoms. The molecule has 0 saturated heterocycles. The second-order valence-electron chi connectivity index (χ2n) is 6.40. The summed E-state index contributed by atoms with van der Waals surface area (Å²) in [5.41, 5.74) is 7.64. The smallest absolute Gasteiger partial charge is 0.00701 e. The third-order valence-electron chi connectivity index (χ3n) is 5.33. The molecule has 0 bridgehead atoms. The summed E-state index contributed by atoms with van der Waals surface area (Å²) in [6.45, 7) is 11.8. The van der Waals surface area contributed by atoms with Gasteiger partial charge in [-0.25, -0.2) is 0 Å². The summed E-state index contributed by atoms with van der Waals surface area (Å²) in [6, 6.07) is 0.388. The van der Waals surface area contributed by atoms with Gasteiger partial charge in [0, 0.05) is 6.04 Å². The summed E-state index contributed by atoms with van der Waals surface area (Å²) >= 11 is 0. The fourth-order valence-corrected chi connectivity index (χ4v) is 3.78. The highest BCUT2D eigenvalue weighted by Crippen LogP contribution is 2.80. The van der Waals surface area contributed by atoms with Crippen LogP contribution >= 0.6 is 0 Å². The van der Waals surface area contributed by atoms with Crippen molar-refractivity contribution in [1.29, 1.82) is 0 Å². The Morgan fingerprint density at radius 1 is 1.08 bits per heavy atom. The van der Waals surface area contributed by atoms with Gasteiger partial charge in [0.2, 0.25) is 0 Å². The van der Waals surface area contributed by atoms with E-state index in [1.54, 1.807) is 0 Å². The predicted octanol–water partition coefficient (Wildman–Crippen LogP) is 2.80. The SMILES string of the molecule is CC(N)C1(C2C(C)(C)C2(C)C)CC1. The van der Waals surface area contributed by atoms with Crippen molar-refractivity contribution in [3.8, 4) is 0 Å². The van der Waals surface area contributed by atoms with Crippen LogP contribution in [0.1, 0.15) is 47.5 Å². The molecule has 2 fully saturated rings. The zero-order valence-corrected chi connectivity index (χ0v) is 9.65. The van der Waals surface area contributed by atoms with Gasteiger partial charge in [0.15, 0.2) is 0 Å². The summed E-state index contributed by atoms with van der Waals surface area (Å²) in [5.74, 6) is 0.854. The van der Waals surface area contributed by atoms with Gasteiger partial charge < -0.3 is 5.73 Å². The van der Waals surface area contributed by atoms with Gasteiger partial charge >= 0.3 is 0 Å². The Kier molecular flexibility index (Phi) is 1.56. The summed E-state index contributed by atoms with van der Waals surface area (Å²) in [5, 5.41) is 0. The zero-order chi connectivity index (χ0) is 10.1. The fourth-order valence-electron chi connectivity index (χ4n) is 3.78. The number of hydrogen-bond donors (Lipinski definition) is 1. The molecule has 2 rings (SSSR count). The Balaban J connectivity index is 2.22. The van der Waals surface area contributed by atoms with Crippen LogP contribution in [0.25, 0.3) is 0 Å². The number of rotatable bonds is 2. The maximum Gasteiger partial charge on any atom is 0.00701 e. The van der Waals surface area contributed by atoms with E-state index < -0.39 is 0 Å². The molecule has 0 aromatic carbocycles. The van der Waals surface area contributed by atoms with E-state index >= 15 is 0 Å². The molecule has 76 valence electrons. The predicted molar refractivity (Wildman–Crippen MR) is 56.4 cm³/mol. The molecular formula is C12H23N. The lowest BCUT2D eigenvalue weighted by Gasteiger charge is -2.22. The first-order valence-corrected chi connectivity index (χ1v) is 5.52. The van der Waals surface area contributed by atoms with E-state index in [9.17, 15) is 0 Å². The van der Waals surface area contributed by atoms with Crippen LogP contribution in [-0.4, -0.2) is 6.04 Å². The summed E-state index contributed by atoms with van der Waals surface area (Å²) in [6.07, 6.45) is 2.73. The first-order valence-electron chi connectivity index (χ1n) is 5.52. The van der Waals surface area contributed by atoms with Crippen LogP contribution < -0.4 is 5.73 Å². The highest BCUT2D eigenvalue weighted by atomic mass is 14.8. The van der Waals surface area contributed by atoms with E-state index in [-0.39, 0.29) is 0 Å². The molecule has 2 aliphatic carbocycles. The molecule has 13 heavy (non-hydrogen) atoms. The minimum atomic E-state index is 0.388. The standard InChI is InChI=1S/C12H23N/c1-8(13)12(6-7-12)9-10(2,3)11(9,4)5/h8-9H,6-7,13H2,1-5H3. The van der Waals surface area contributed by atoms with E-state index in [1.165, 1.54) is 12.8 Å². The van der Waals surface area contributed by atoms with Crippen molar-refractivity contribution in [2.75, 3.05) is 0 Å². The van der Waals surface area contributed by atoms with Crippen LogP contribution in [0.5, 0.6) is 0 Å². The van der Waals surface area contributed by atoms with Crippen molar-refractivity contribution in [2.45, 2.75) is 53.5 Å². The number of nitrogens with two attached hydrogens (primary N) is 1. The molecule has 2 saturated carbocycles. The van der Waals surface area contributed by atoms with Crippen molar-refractivity contribution < 1.29 is 0 Å². The van der Waals surface area contributed by atoms with Crippen LogP contribution in [0, 0.1) is 22.2 Å². The molecule has 0 aromatic heterocycles. The van der Waals surface area contributed by atoms with Crippen LogP contribution in [-0.2, 0) is 0 Å². The van der Waals surface area contributed by atoms with Gasteiger partial charge in [-0.3, -0.25) is 0 Å². The Hall–Kier alpha value is -0.0400.